The van der Waals surface area contributed by atoms with Crippen LogP contribution in [0.3, 0.4) is 0 Å². The highest BCUT2D eigenvalue weighted by Gasteiger charge is 2.41. The van der Waals surface area contributed by atoms with Gasteiger partial charge in [0, 0.05) is 19.8 Å². The maximum atomic E-state index is 13.7. The monoisotopic (exact) mass is 630 g/mol. The number of hydrogen-bond donors (Lipinski definition) is 4. The van der Waals surface area contributed by atoms with Crippen molar-refractivity contribution in [1.82, 2.24) is 20.5 Å². The lowest BCUT2D eigenvalue weighted by Crippen LogP contribution is -2.58. The third-order valence-corrected chi connectivity index (χ3v) is 7.60. The summed E-state index contributed by atoms with van der Waals surface area (Å²) in [6.07, 6.45) is -0.712. The molecule has 4 rings (SSSR count). The minimum atomic E-state index is -1.73. The Morgan fingerprint density at radius 1 is 1.00 bits per heavy atom. The number of ether oxygens (including phenoxy) is 1. The molecule has 2 unspecified atom stereocenters. The highest BCUT2D eigenvalue weighted by molar-refractivity contribution is 5.99. The Morgan fingerprint density at radius 3 is 2.30 bits per heavy atom. The average Bonchev–Trinajstić information content (AvgIpc) is 3.57. The van der Waals surface area contributed by atoms with Gasteiger partial charge in [0.25, 0.3) is 11.8 Å². The summed E-state index contributed by atoms with van der Waals surface area (Å²) in [6, 6.07) is 19.6. The lowest BCUT2D eigenvalue weighted by molar-refractivity contribution is -0.146. The number of pyridine rings is 1. The summed E-state index contributed by atoms with van der Waals surface area (Å²) in [4.78, 5) is 71.5. The van der Waals surface area contributed by atoms with Gasteiger partial charge in [-0.3, -0.25) is 29.4 Å². The molecule has 4 atom stereocenters. The third-order valence-electron chi connectivity index (χ3n) is 7.60. The molecule has 0 radical (unpaired) electrons. The molecule has 5 amide bonds. The second kappa shape index (κ2) is 16.3. The molecular weight excluding hydrogens is 592 g/mol. The van der Waals surface area contributed by atoms with Crippen molar-refractivity contribution < 1.29 is 33.8 Å². The molecule has 13 heteroatoms. The van der Waals surface area contributed by atoms with E-state index in [0.717, 1.165) is 11.1 Å². The third kappa shape index (κ3) is 9.19. The van der Waals surface area contributed by atoms with Gasteiger partial charge in [-0.25, -0.2) is 9.78 Å². The number of nitrogens with zero attached hydrogens (tertiary/aromatic N) is 3. The van der Waals surface area contributed by atoms with Crippen LogP contribution in [0.2, 0.25) is 0 Å². The summed E-state index contributed by atoms with van der Waals surface area (Å²) in [6.45, 7) is 0.191. The molecule has 1 fully saturated rings. The van der Waals surface area contributed by atoms with E-state index in [4.69, 9.17) is 10.5 Å². The van der Waals surface area contributed by atoms with Crippen LogP contribution in [0.1, 0.15) is 30.4 Å². The van der Waals surface area contributed by atoms with Gasteiger partial charge in [-0.05, 0) is 42.5 Å². The zero-order valence-electron chi connectivity index (χ0n) is 25.5. The van der Waals surface area contributed by atoms with Crippen molar-refractivity contribution in [2.24, 2.45) is 5.73 Å². The number of likely N-dealkylation sites (N-methyl/N-ethyl adjacent to an activating group) is 1. The number of hydrogen-bond acceptors (Lipinski definition) is 9. The first-order chi connectivity index (χ1) is 22.1. The van der Waals surface area contributed by atoms with Crippen LogP contribution in [0.5, 0.6) is 0 Å². The highest BCUT2D eigenvalue weighted by atomic mass is 16.5. The van der Waals surface area contributed by atoms with Gasteiger partial charge in [0.1, 0.15) is 18.5 Å². The molecule has 2 aromatic carbocycles. The Kier molecular flexibility index (Phi) is 11.9. The van der Waals surface area contributed by atoms with Crippen molar-refractivity contribution in [3.63, 3.8) is 0 Å². The summed E-state index contributed by atoms with van der Waals surface area (Å²) in [5.41, 5.74) is 7.44. The van der Waals surface area contributed by atoms with Crippen molar-refractivity contribution in [2.45, 2.75) is 56.5 Å². The Morgan fingerprint density at radius 2 is 1.65 bits per heavy atom. The predicted octanol–water partition coefficient (Wildman–Crippen LogP) is 1.29. The molecule has 242 valence electrons. The number of likely N-dealkylation sites (tertiary alicyclic amines) is 1. The van der Waals surface area contributed by atoms with Crippen LogP contribution in [0.4, 0.5) is 10.6 Å². The molecule has 0 aliphatic carbocycles. The van der Waals surface area contributed by atoms with Crippen LogP contribution in [-0.2, 0) is 36.9 Å². The van der Waals surface area contributed by atoms with Gasteiger partial charge in [0.15, 0.2) is 6.10 Å². The van der Waals surface area contributed by atoms with Crippen LogP contribution < -0.4 is 21.3 Å². The molecule has 0 spiro atoms. The van der Waals surface area contributed by atoms with E-state index in [0.29, 0.717) is 18.7 Å². The van der Waals surface area contributed by atoms with Gasteiger partial charge >= 0.3 is 6.09 Å². The fraction of sp³-hybridized carbons (Fsp3) is 0.333. The zero-order chi connectivity index (χ0) is 33.1. The molecule has 1 aliphatic rings. The summed E-state index contributed by atoms with van der Waals surface area (Å²) in [7, 11) is 1.57. The molecule has 0 bridgehead atoms. The second-order valence-electron chi connectivity index (χ2n) is 10.9. The number of carbonyl (C=O) groups excluding carboxylic acids is 5. The van der Waals surface area contributed by atoms with Crippen molar-refractivity contribution in [3.05, 3.63) is 96.2 Å². The van der Waals surface area contributed by atoms with Gasteiger partial charge in [-0.15, -0.1) is 0 Å². The minimum absolute atomic E-state index is 0.0531. The number of carbonyl (C=O) groups is 5. The van der Waals surface area contributed by atoms with E-state index < -0.39 is 54.5 Å². The first kappa shape index (κ1) is 33.7. The van der Waals surface area contributed by atoms with Crippen molar-refractivity contribution in [1.29, 1.82) is 0 Å². The normalized spacial score (nSPS) is 16.1. The molecule has 5 N–H and O–H groups in total. The number of imide groups is 1. The fourth-order valence-electron chi connectivity index (χ4n) is 5.13. The number of benzene rings is 2. The molecule has 1 aromatic heterocycles. The van der Waals surface area contributed by atoms with Crippen LogP contribution in [-0.4, -0.2) is 82.5 Å². The smallest absolute Gasteiger partial charge is 0.414 e. The number of aliphatic hydroxyl groups is 1. The SMILES string of the molecule is CN(C(=O)[C@@H]1CCCN1C(=O)C(O)C(Cc1ccccc1)NC(=O)[C@@H](N)CC(=O)NC(=O)OCc1ccccc1)c1ccccn1. The van der Waals surface area contributed by atoms with E-state index in [1.165, 1.54) is 9.80 Å². The Labute approximate surface area is 266 Å². The lowest BCUT2D eigenvalue weighted by atomic mass is 9.99. The first-order valence-corrected chi connectivity index (χ1v) is 14.9. The summed E-state index contributed by atoms with van der Waals surface area (Å²) >= 11 is 0. The van der Waals surface area contributed by atoms with Crippen LogP contribution in [0.15, 0.2) is 85.1 Å². The zero-order valence-corrected chi connectivity index (χ0v) is 25.5. The molecule has 46 heavy (non-hydrogen) atoms. The molecule has 1 aliphatic heterocycles. The Hall–Kier alpha value is -5.14. The maximum absolute atomic E-state index is 13.7. The van der Waals surface area contributed by atoms with E-state index in [-0.39, 0.29) is 25.5 Å². The quantitative estimate of drug-likeness (QED) is 0.229. The maximum Gasteiger partial charge on any atom is 0.414 e. The lowest BCUT2D eigenvalue weighted by Gasteiger charge is -2.32. The molecular formula is C33H38N6O7. The number of alkyl carbamates (subject to hydrolysis) is 1. The molecule has 1 saturated heterocycles. The fourth-order valence-corrected chi connectivity index (χ4v) is 5.13. The summed E-state index contributed by atoms with van der Waals surface area (Å²) < 4.78 is 5.03. The number of rotatable bonds is 12. The van der Waals surface area contributed by atoms with Crippen LogP contribution in [0, 0.1) is 0 Å². The standard InChI is InChI=1S/C33H38N6O7/c1-38(27-16-8-9-17-35-27)31(43)26-15-10-18-39(26)32(44)29(41)25(19-22-11-4-2-5-12-22)36-30(42)24(34)20-28(40)37-33(45)46-21-23-13-6-3-7-14-23/h2-9,11-14,16-17,24-26,29,41H,10,15,18-21,34H2,1H3,(H,36,42)(H,37,40,45)/t24-,25?,26-,29?/m0/s1. The number of nitrogens with two attached hydrogens (primary N) is 1. The second-order valence-corrected chi connectivity index (χ2v) is 10.9. The molecule has 3 aromatic rings. The van der Waals surface area contributed by atoms with Gasteiger partial charge in [0.2, 0.25) is 11.8 Å². The van der Waals surface area contributed by atoms with Crippen molar-refractivity contribution >= 4 is 35.5 Å². The predicted molar refractivity (Wildman–Crippen MR) is 168 cm³/mol. The van der Waals surface area contributed by atoms with Gasteiger partial charge < -0.3 is 25.8 Å². The average molecular weight is 631 g/mol. The number of anilines is 1. The summed E-state index contributed by atoms with van der Waals surface area (Å²) in [5, 5.41) is 16.0. The van der Waals surface area contributed by atoms with E-state index in [9.17, 15) is 29.1 Å². The number of nitrogens with one attached hydrogen (secondary N) is 2. The van der Waals surface area contributed by atoms with Crippen LogP contribution >= 0.6 is 0 Å². The van der Waals surface area contributed by atoms with E-state index >= 15 is 0 Å². The minimum Gasteiger partial charge on any atom is -0.444 e. The Bertz CT molecular complexity index is 1490. The molecule has 0 saturated carbocycles. The Balaban J connectivity index is 1.39. The molecule has 13 nitrogen and oxygen atoms in total. The van der Waals surface area contributed by atoms with Gasteiger partial charge in [-0.2, -0.15) is 0 Å². The van der Waals surface area contributed by atoms with Crippen molar-refractivity contribution in [2.75, 3.05) is 18.5 Å². The van der Waals surface area contributed by atoms with Gasteiger partial charge in [-0.1, -0.05) is 66.7 Å². The topological polar surface area (TPSA) is 184 Å². The van der Waals surface area contributed by atoms with E-state index in [1.54, 1.807) is 86.0 Å². The van der Waals surface area contributed by atoms with Crippen LogP contribution in [0.25, 0.3) is 0 Å². The van der Waals surface area contributed by atoms with E-state index in [2.05, 4.69) is 10.3 Å². The number of aromatic nitrogens is 1. The number of amides is 5. The summed E-state index contributed by atoms with van der Waals surface area (Å²) in [5.74, 6) is -2.31. The molecule has 2 heterocycles. The largest absolute Gasteiger partial charge is 0.444 e. The van der Waals surface area contributed by atoms with Crippen molar-refractivity contribution in [3.8, 4) is 0 Å². The first-order valence-electron chi connectivity index (χ1n) is 14.9. The van der Waals surface area contributed by atoms with E-state index in [1.807, 2.05) is 11.4 Å². The van der Waals surface area contributed by atoms with Gasteiger partial charge in [0.05, 0.1) is 18.5 Å². The highest BCUT2D eigenvalue weighted by Crippen LogP contribution is 2.23. The number of aliphatic hydroxyl groups excluding tert-OH is 1.